The third kappa shape index (κ3) is 5.64. The summed E-state index contributed by atoms with van der Waals surface area (Å²) < 4.78 is 0. The molecule has 2 fully saturated rings. The van der Waals surface area contributed by atoms with Crippen LogP contribution in [0.1, 0.15) is 18.4 Å². The van der Waals surface area contributed by atoms with E-state index >= 15 is 0 Å². The molecular formula is C24H28ClN5O3. The Bertz CT molecular complexity index is 1010. The fraction of sp³-hybridized carbons (Fsp3) is 0.375. The SMILES string of the molecule is O=C1NC(=O)C(CCC(=O)N2CCN(c3cccc(Cl)c3)CC2)(CNCc2ccccc2)N1. The van der Waals surface area contributed by atoms with Crippen LogP contribution in [0.15, 0.2) is 54.6 Å². The summed E-state index contributed by atoms with van der Waals surface area (Å²) in [6, 6.07) is 17.0. The summed E-state index contributed by atoms with van der Waals surface area (Å²) in [6.45, 7) is 3.44. The number of urea groups is 1. The van der Waals surface area contributed by atoms with Crippen LogP contribution >= 0.6 is 11.6 Å². The highest BCUT2D eigenvalue weighted by Gasteiger charge is 2.46. The zero-order valence-electron chi connectivity index (χ0n) is 18.4. The van der Waals surface area contributed by atoms with Crippen molar-refractivity contribution in [1.29, 1.82) is 0 Å². The highest BCUT2D eigenvalue weighted by atomic mass is 35.5. The smallest absolute Gasteiger partial charge is 0.322 e. The van der Waals surface area contributed by atoms with Crippen molar-refractivity contribution in [3.63, 3.8) is 0 Å². The van der Waals surface area contributed by atoms with Crippen molar-refractivity contribution >= 4 is 35.1 Å². The fourth-order valence-electron chi connectivity index (χ4n) is 4.30. The number of amides is 4. The Morgan fingerprint density at radius 3 is 2.45 bits per heavy atom. The minimum atomic E-state index is -1.13. The first-order chi connectivity index (χ1) is 15.9. The summed E-state index contributed by atoms with van der Waals surface area (Å²) in [5, 5.41) is 9.00. The summed E-state index contributed by atoms with van der Waals surface area (Å²) in [5.74, 6) is -0.413. The molecule has 1 atom stereocenters. The van der Waals surface area contributed by atoms with Gasteiger partial charge in [-0.05, 0) is 30.2 Å². The number of imide groups is 1. The van der Waals surface area contributed by atoms with E-state index in [1.54, 1.807) is 0 Å². The van der Waals surface area contributed by atoms with Crippen LogP contribution in [0.4, 0.5) is 10.5 Å². The molecule has 0 aliphatic carbocycles. The second-order valence-electron chi connectivity index (χ2n) is 8.43. The minimum absolute atomic E-state index is 0.0165. The molecule has 2 saturated heterocycles. The molecular weight excluding hydrogens is 442 g/mol. The van der Waals surface area contributed by atoms with Crippen molar-refractivity contribution < 1.29 is 14.4 Å². The predicted molar refractivity (Wildman–Crippen MR) is 127 cm³/mol. The second kappa shape index (κ2) is 10.2. The van der Waals surface area contributed by atoms with Gasteiger partial charge < -0.3 is 20.4 Å². The predicted octanol–water partition coefficient (Wildman–Crippen LogP) is 2.14. The number of anilines is 1. The molecule has 8 nitrogen and oxygen atoms in total. The first kappa shape index (κ1) is 23.1. The van der Waals surface area contributed by atoms with Crippen LogP contribution in [0.25, 0.3) is 0 Å². The largest absolute Gasteiger partial charge is 0.368 e. The highest BCUT2D eigenvalue weighted by molar-refractivity contribution is 6.30. The lowest BCUT2D eigenvalue weighted by Crippen LogP contribution is -2.55. The molecule has 3 N–H and O–H groups in total. The standard InChI is InChI=1S/C24H28ClN5O3/c25-19-7-4-8-20(15-19)29-11-13-30(14-12-29)21(31)9-10-24(22(32)27-23(33)28-24)17-26-16-18-5-2-1-3-6-18/h1-8,15,26H,9-14,16-17H2,(H2,27,28,32,33). The number of hydrogen-bond acceptors (Lipinski definition) is 5. The van der Waals surface area contributed by atoms with E-state index in [9.17, 15) is 14.4 Å². The van der Waals surface area contributed by atoms with E-state index < -0.39 is 17.5 Å². The van der Waals surface area contributed by atoms with Gasteiger partial charge in [0.2, 0.25) is 5.91 Å². The van der Waals surface area contributed by atoms with E-state index in [0.717, 1.165) is 11.3 Å². The Kier molecular flexibility index (Phi) is 7.15. The molecule has 33 heavy (non-hydrogen) atoms. The fourth-order valence-corrected chi connectivity index (χ4v) is 4.48. The lowest BCUT2D eigenvalue weighted by molar-refractivity contribution is -0.132. The number of nitrogens with one attached hydrogen (secondary N) is 3. The van der Waals surface area contributed by atoms with Crippen LogP contribution in [0, 0.1) is 0 Å². The summed E-state index contributed by atoms with van der Waals surface area (Å²) in [4.78, 5) is 41.4. The number of carbonyl (C=O) groups is 3. The van der Waals surface area contributed by atoms with Gasteiger partial charge in [0, 0.05) is 56.4 Å². The normalized spacial score (nSPS) is 20.5. The van der Waals surface area contributed by atoms with Gasteiger partial charge in [0.05, 0.1) is 0 Å². The molecule has 0 radical (unpaired) electrons. The number of piperazine rings is 1. The molecule has 0 aromatic heterocycles. The molecule has 2 aromatic rings. The van der Waals surface area contributed by atoms with Gasteiger partial charge in [-0.3, -0.25) is 14.9 Å². The summed E-state index contributed by atoms with van der Waals surface area (Å²) in [7, 11) is 0. The van der Waals surface area contributed by atoms with Crippen LogP contribution < -0.4 is 20.9 Å². The Balaban J connectivity index is 1.30. The molecule has 0 spiro atoms. The molecule has 2 aliphatic rings. The Morgan fingerprint density at radius 2 is 1.79 bits per heavy atom. The third-order valence-corrected chi connectivity index (χ3v) is 6.42. The average molecular weight is 470 g/mol. The van der Waals surface area contributed by atoms with Gasteiger partial charge in [-0.25, -0.2) is 4.79 Å². The Morgan fingerprint density at radius 1 is 1.03 bits per heavy atom. The quantitative estimate of drug-likeness (QED) is 0.515. The van der Waals surface area contributed by atoms with E-state index in [1.807, 2.05) is 59.5 Å². The highest BCUT2D eigenvalue weighted by Crippen LogP contribution is 2.22. The summed E-state index contributed by atoms with van der Waals surface area (Å²) in [5.41, 5.74) is 0.985. The van der Waals surface area contributed by atoms with Gasteiger partial charge in [-0.1, -0.05) is 48.0 Å². The lowest BCUT2D eigenvalue weighted by atomic mass is 9.92. The molecule has 2 heterocycles. The topological polar surface area (TPSA) is 93.8 Å². The van der Waals surface area contributed by atoms with Crippen molar-refractivity contribution in [1.82, 2.24) is 20.9 Å². The lowest BCUT2D eigenvalue weighted by Gasteiger charge is -2.36. The van der Waals surface area contributed by atoms with Crippen LogP contribution in [0.3, 0.4) is 0 Å². The first-order valence-electron chi connectivity index (χ1n) is 11.1. The molecule has 2 aliphatic heterocycles. The van der Waals surface area contributed by atoms with Crippen molar-refractivity contribution in [3.05, 3.63) is 65.2 Å². The van der Waals surface area contributed by atoms with Crippen LogP contribution in [0.5, 0.6) is 0 Å². The second-order valence-corrected chi connectivity index (χ2v) is 8.86. The van der Waals surface area contributed by atoms with E-state index in [1.165, 1.54) is 0 Å². The zero-order valence-corrected chi connectivity index (χ0v) is 19.1. The molecule has 4 amide bonds. The van der Waals surface area contributed by atoms with Crippen LogP contribution in [-0.4, -0.2) is 61.0 Å². The van der Waals surface area contributed by atoms with Crippen molar-refractivity contribution in [3.8, 4) is 0 Å². The van der Waals surface area contributed by atoms with Gasteiger partial charge in [0.15, 0.2) is 0 Å². The number of carbonyl (C=O) groups excluding carboxylic acids is 3. The molecule has 0 bridgehead atoms. The number of benzene rings is 2. The Hall–Kier alpha value is -3.10. The monoisotopic (exact) mass is 469 g/mol. The molecule has 9 heteroatoms. The number of hydrogen-bond donors (Lipinski definition) is 3. The first-order valence-corrected chi connectivity index (χ1v) is 11.5. The third-order valence-electron chi connectivity index (χ3n) is 6.18. The van der Waals surface area contributed by atoms with Crippen molar-refractivity contribution in [2.75, 3.05) is 37.6 Å². The minimum Gasteiger partial charge on any atom is -0.368 e. The van der Waals surface area contributed by atoms with Crippen molar-refractivity contribution in [2.24, 2.45) is 0 Å². The summed E-state index contributed by atoms with van der Waals surface area (Å²) >= 11 is 6.09. The van der Waals surface area contributed by atoms with E-state index in [-0.39, 0.29) is 25.3 Å². The van der Waals surface area contributed by atoms with Gasteiger partial charge >= 0.3 is 6.03 Å². The van der Waals surface area contributed by atoms with Crippen molar-refractivity contribution in [2.45, 2.75) is 24.9 Å². The van der Waals surface area contributed by atoms with Gasteiger partial charge in [0.1, 0.15) is 5.54 Å². The average Bonchev–Trinajstić information content (AvgIpc) is 3.11. The number of halogens is 1. The molecule has 174 valence electrons. The summed E-state index contributed by atoms with van der Waals surface area (Å²) in [6.07, 6.45) is 0.414. The number of nitrogens with zero attached hydrogens (tertiary/aromatic N) is 2. The van der Waals surface area contributed by atoms with E-state index in [4.69, 9.17) is 11.6 Å². The van der Waals surface area contributed by atoms with Crippen LogP contribution in [0.2, 0.25) is 5.02 Å². The molecule has 0 saturated carbocycles. The maximum atomic E-state index is 12.9. The maximum absolute atomic E-state index is 12.9. The molecule has 1 unspecified atom stereocenters. The molecule has 4 rings (SSSR count). The molecule has 2 aromatic carbocycles. The van der Waals surface area contributed by atoms with Gasteiger partial charge in [0.25, 0.3) is 5.91 Å². The van der Waals surface area contributed by atoms with Gasteiger partial charge in [-0.15, -0.1) is 0 Å². The zero-order chi connectivity index (χ0) is 23.3. The van der Waals surface area contributed by atoms with Crippen LogP contribution in [-0.2, 0) is 16.1 Å². The number of rotatable bonds is 8. The Labute approximate surface area is 198 Å². The van der Waals surface area contributed by atoms with Gasteiger partial charge in [-0.2, -0.15) is 0 Å². The van der Waals surface area contributed by atoms with E-state index in [2.05, 4.69) is 20.9 Å². The maximum Gasteiger partial charge on any atom is 0.322 e. The van der Waals surface area contributed by atoms with E-state index in [0.29, 0.717) is 37.7 Å².